The van der Waals surface area contributed by atoms with E-state index in [9.17, 15) is 4.79 Å². The van der Waals surface area contributed by atoms with Crippen LogP contribution in [0.2, 0.25) is 0 Å². The molecule has 0 aliphatic carbocycles. The predicted molar refractivity (Wildman–Crippen MR) is 90.0 cm³/mol. The third-order valence-electron chi connectivity index (χ3n) is 3.47. The maximum absolute atomic E-state index is 11.4. The summed E-state index contributed by atoms with van der Waals surface area (Å²) < 4.78 is 7.50. The van der Waals surface area contributed by atoms with Crippen LogP contribution in [-0.2, 0) is 11.3 Å². The molecular formula is C17H17N3O2S. The van der Waals surface area contributed by atoms with Crippen molar-refractivity contribution in [1.29, 1.82) is 0 Å². The van der Waals surface area contributed by atoms with Crippen molar-refractivity contribution in [1.82, 2.24) is 9.55 Å². The molecule has 0 bridgehead atoms. The van der Waals surface area contributed by atoms with Crippen molar-refractivity contribution in [3.8, 4) is 11.3 Å². The summed E-state index contributed by atoms with van der Waals surface area (Å²) in [4.78, 5) is 15.8. The van der Waals surface area contributed by atoms with Crippen LogP contribution in [0.3, 0.4) is 0 Å². The highest BCUT2D eigenvalue weighted by Crippen LogP contribution is 2.29. The average Bonchev–Trinajstić information content (AvgIpc) is 3.19. The number of aromatic nitrogens is 2. The molecule has 0 radical (unpaired) electrons. The fraction of sp³-hybridized carbons (Fsp3) is 0.176. The van der Waals surface area contributed by atoms with E-state index in [4.69, 9.17) is 10.2 Å². The minimum absolute atomic E-state index is 0.351. The van der Waals surface area contributed by atoms with E-state index in [1.54, 1.807) is 13.2 Å². The largest absolute Gasteiger partial charge is 0.467 e. The summed E-state index contributed by atoms with van der Waals surface area (Å²) in [6.45, 7) is 2.33. The van der Waals surface area contributed by atoms with Crippen molar-refractivity contribution < 1.29 is 9.21 Å². The van der Waals surface area contributed by atoms with Crippen molar-refractivity contribution in [3.05, 3.63) is 60.7 Å². The molecule has 0 fully saturated rings. The first-order valence-corrected chi connectivity index (χ1v) is 8.12. The van der Waals surface area contributed by atoms with Gasteiger partial charge >= 0.3 is 0 Å². The van der Waals surface area contributed by atoms with E-state index in [0.717, 1.165) is 22.2 Å². The van der Waals surface area contributed by atoms with Crippen molar-refractivity contribution in [3.63, 3.8) is 0 Å². The minimum Gasteiger partial charge on any atom is -0.467 e. The molecule has 5 nitrogen and oxygen atoms in total. The molecule has 0 spiro atoms. The molecule has 0 saturated heterocycles. The number of furan rings is 1. The monoisotopic (exact) mass is 327 g/mol. The summed E-state index contributed by atoms with van der Waals surface area (Å²) in [5, 5.41) is 0.392. The number of nitrogens with zero attached hydrogens (tertiary/aromatic N) is 2. The van der Waals surface area contributed by atoms with Gasteiger partial charge in [0.05, 0.1) is 29.9 Å². The van der Waals surface area contributed by atoms with Crippen LogP contribution < -0.4 is 5.73 Å². The lowest BCUT2D eigenvalue weighted by Gasteiger charge is -2.12. The number of benzene rings is 1. The molecule has 3 aromatic rings. The van der Waals surface area contributed by atoms with E-state index in [1.807, 2.05) is 53.2 Å². The number of rotatable bonds is 6. The van der Waals surface area contributed by atoms with Gasteiger partial charge in [-0.05, 0) is 24.6 Å². The third kappa shape index (κ3) is 3.48. The molecule has 0 aliphatic rings. The van der Waals surface area contributed by atoms with Gasteiger partial charge in [0.25, 0.3) is 0 Å². The molecule has 0 saturated carbocycles. The van der Waals surface area contributed by atoms with Crippen LogP contribution >= 0.6 is 11.8 Å². The Labute approximate surface area is 138 Å². The van der Waals surface area contributed by atoms with E-state index in [1.165, 1.54) is 11.8 Å². The molecule has 0 unspecified atom stereocenters. The first-order chi connectivity index (χ1) is 11.1. The lowest BCUT2D eigenvalue weighted by atomic mass is 10.2. The van der Waals surface area contributed by atoms with Crippen LogP contribution in [0.25, 0.3) is 11.3 Å². The zero-order chi connectivity index (χ0) is 16.2. The highest BCUT2D eigenvalue weighted by molar-refractivity contribution is 8.00. The number of nitrogens with two attached hydrogens (primary N) is 1. The summed E-state index contributed by atoms with van der Waals surface area (Å²) in [6.07, 6.45) is 3.46. The Morgan fingerprint density at radius 3 is 2.74 bits per heavy atom. The molecule has 3 rings (SSSR count). The zero-order valence-corrected chi connectivity index (χ0v) is 13.5. The fourth-order valence-electron chi connectivity index (χ4n) is 2.22. The van der Waals surface area contributed by atoms with Gasteiger partial charge < -0.3 is 14.7 Å². The van der Waals surface area contributed by atoms with Crippen molar-refractivity contribution >= 4 is 17.7 Å². The van der Waals surface area contributed by atoms with Gasteiger partial charge in [-0.3, -0.25) is 4.79 Å². The van der Waals surface area contributed by atoms with E-state index in [-0.39, 0.29) is 11.2 Å². The number of hydrogen-bond donors (Lipinski definition) is 1. The van der Waals surface area contributed by atoms with Gasteiger partial charge in [0, 0.05) is 0 Å². The number of imidazole rings is 1. The van der Waals surface area contributed by atoms with Crippen molar-refractivity contribution in [2.24, 2.45) is 5.73 Å². The van der Waals surface area contributed by atoms with Gasteiger partial charge in [-0.2, -0.15) is 0 Å². The Morgan fingerprint density at radius 1 is 1.30 bits per heavy atom. The number of primary amides is 1. The third-order valence-corrected chi connectivity index (χ3v) is 4.59. The fourth-order valence-corrected chi connectivity index (χ4v) is 3.06. The van der Waals surface area contributed by atoms with Gasteiger partial charge in [0.15, 0.2) is 5.16 Å². The van der Waals surface area contributed by atoms with Crippen LogP contribution in [0.4, 0.5) is 0 Å². The van der Waals surface area contributed by atoms with Gasteiger partial charge in [0.2, 0.25) is 5.91 Å². The quantitative estimate of drug-likeness (QED) is 0.706. The molecular weight excluding hydrogens is 310 g/mol. The highest BCUT2D eigenvalue weighted by Gasteiger charge is 2.18. The topological polar surface area (TPSA) is 74.1 Å². The lowest BCUT2D eigenvalue weighted by Crippen LogP contribution is -2.23. The van der Waals surface area contributed by atoms with Crippen LogP contribution in [0.15, 0.2) is 64.5 Å². The SMILES string of the molecule is C[C@H](Sc1ncc(-c2ccccc2)n1Cc1ccco1)C(N)=O. The summed E-state index contributed by atoms with van der Waals surface area (Å²) in [5.74, 6) is 0.470. The lowest BCUT2D eigenvalue weighted by molar-refractivity contribution is -0.117. The Hall–Kier alpha value is -2.47. The maximum atomic E-state index is 11.4. The van der Waals surface area contributed by atoms with Gasteiger partial charge in [-0.1, -0.05) is 42.1 Å². The molecule has 1 aromatic carbocycles. The summed E-state index contributed by atoms with van der Waals surface area (Å²) in [6, 6.07) is 13.8. The van der Waals surface area contributed by atoms with E-state index < -0.39 is 0 Å². The zero-order valence-electron chi connectivity index (χ0n) is 12.7. The van der Waals surface area contributed by atoms with E-state index in [0.29, 0.717) is 6.54 Å². The molecule has 2 aromatic heterocycles. The number of hydrogen-bond acceptors (Lipinski definition) is 4. The number of carbonyl (C=O) groups is 1. The van der Waals surface area contributed by atoms with Crippen LogP contribution in [0, 0.1) is 0 Å². The van der Waals surface area contributed by atoms with E-state index in [2.05, 4.69) is 4.98 Å². The molecule has 2 N–H and O–H groups in total. The Bertz CT molecular complexity index is 782. The predicted octanol–water partition coefficient (Wildman–Crippen LogP) is 3.16. The molecule has 23 heavy (non-hydrogen) atoms. The Balaban J connectivity index is 1.99. The Kier molecular flexibility index (Phi) is 4.52. The van der Waals surface area contributed by atoms with Crippen molar-refractivity contribution in [2.45, 2.75) is 23.9 Å². The number of thioether (sulfide) groups is 1. The first kappa shape index (κ1) is 15.4. The highest BCUT2D eigenvalue weighted by atomic mass is 32.2. The van der Waals surface area contributed by atoms with Crippen LogP contribution in [0.5, 0.6) is 0 Å². The second-order valence-corrected chi connectivity index (χ2v) is 6.43. The van der Waals surface area contributed by atoms with Crippen LogP contribution in [0.1, 0.15) is 12.7 Å². The summed E-state index contributed by atoms with van der Waals surface area (Å²) in [7, 11) is 0. The number of amides is 1. The van der Waals surface area contributed by atoms with Crippen LogP contribution in [-0.4, -0.2) is 20.7 Å². The average molecular weight is 327 g/mol. The molecule has 6 heteroatoms. The molecule has 0 aliphatic heterocycles. The molecule has 1 amide bonds. The maximum Gasteiger partial charge on any atom is 0.230 e. The molecule has 118 valence electrons. The van der Waals surface area contributed by atoms with Crippen molar-refractivity contribution in [2.75, 3.05) is 0 Å². The summed E-state index contributed by atoms with van der Waals surface area (Å²) in [5.41, 5.74) is 7.41. The molecule has 2 heterocycles. The molecule has 1 atom stereocenters. The standard InChI is InChI=1S/C17H17N3O2S/c1-12(16(18)21)23-17-19-10-15(13-6-3-2-4-7-13)20(17)11-14-8-5-9-22-14/h2-10,12H,11H2,1H3,(H2,18,21)/t12-/m0/s1. The number of carbonyl (C=O) groups excluding carboxylic acids is 1. The van der Waals surface area contributed by atoms with Gasteiger partial charge in [0.1, 0.15) is 5.76 Å². The minimum atomic E-state index is -0.358. The second-order valence-electron chi connectivity index (χ2n) is 5.12. The summed E-state index contributed by atoms with van der Waals surface area (Å²) >= 11 is 1.35. The first-order valence-electron chi connectivity index (χ1n) is 7.24. The van der Waals surface area contributed by atoms with Gasteiger partial charge in [-0.15, -0.1) is 0 Å². The van der Waals surface area contributed by atoms with E-state index >= 15 is 0 Å². The normalized spacial score (nSPS) is 12.2. The second kappa shape index (κ2) is 6.75. The Morgan fingerprint density at radius 2 is 2.09 bits per heavy atom. The smallest absolute Gasteiger partial charge is 0.230 e. The van der Waals surface area contributed by atoms with Gasteiger partial charge in [-0.25, -0.2) is 4.98 Å².